The Morgan fingerprint density at radius 2 is 0.917 bits per heavy atom. The second kappa shape index (κ2) is 17.8. The van der Waals surface area contributed by atoms with Crippen LogP contribution in [0, 0.1) is 12.3 Å². The second-order valence-corrected chi connectivity index (χ2v) is 8.40. The van der Waals surface area contributed by atoms with Crippen molar-refractivity contribution in [1.82, 2.24) is 0 Å². The molecule has 143 valence electrons. The molecule has 0 heterocycles. The Morgan fingerprint density at radius 3 is 1.33 bits per heavy atom. The summed E-state index contributed by atoms with van der Waals surface area (Å²) in [5, 5.41) is 0. The van der Waals surface area contributed by atoms with Crippen LogP contribution >= 0.6 is 0 Å². The molecule has 0 spiro atoms. The van der Waals surface area contributed by atoms with Crippen molar-refractivity contribution >= 4 is 0 Å². The van der Waals surface area contributed by atoms with E-state index in [0.29, 0.717) is 0 Å². The molecule has 0 amide bonds. The molecule has 1 radical (unpaired) electrons. The van der Waals surface area contributed by atoms with Gasteiger partial charge >= 0.3 is 0 Å². The first-order valence-corrected chi connectivity index (χ1v) is 11.7. The van der Waals surface area contributed by atoms with Crippen LogP contribution in [0.15, 0.2) is 0 Å². The van der Waals surface area contributed by atoms with E-state index in [0.717, 1.165) is 5.92 Å². The zero-order valence-corrected chi connectivity index (χ0v) is 17.0. The maximum absolute atomic E-state index is 2.49. The van der Waals surface area contributed by atoms with Gasteiger partial charge in [0.25, 0.3) is 0 Å². The topological polar surface area (TPSA) is 0 Å². The smallest absolute Gasteiger partial charge is 0.0386 e. The van der Waals surface area contributed by atoms with Crippen molar-refractivity contribution in [3.05, 3.63) is 6.42 Å². The van der Waals surface area contributed by atoms with Crippen molar-refractivity contribution in [2.75, 3.05) is 0 Å². The lowest BCUT2D eigenvalue weighted by molar-refractivity contribution is 0.364. The first-order valence-electron chi connectivity index (χ1n) is 11.7. The van der Waals surface area contributed by atoms with E-state index in [9.17, 15) is 0 Å². The third-order valence-corrected chi connectivity index (χ3v) is 6.02. The van der Waals surface area contributed by atoms with Crippen LogP contribution in [-0.2, 0) is 0 Å². The summed E-state index contributed by atoms with van der Waals surface area (Å²) in [6.07, 6.45) is 33.5. The summed E-state index contributed by atoms with van der Waals surface area (Å²) in [7, 11) is 0. The van der Waals surface area contributed by atoms with Gasteiger partial charge in [-0.25, -0.2) is 0 Å². The highest BCUT2D eigenvalue weighted by Crippen LogP contribution is 2.27. The van der Waals surface area contributed by atoms with Gasteiger partial charge in [0.05, 0.1) is 0 Å². The molecule has 0 atom stereocenters. The number of rotatable bonds is 17. The minimum absolute atomic E-state index is 1.07. The third-order valence-electron chi connectivity index (χ3n) is 6.02. The van der Waals surface area contributed by atoms with E-state index >= 15 is 0 Å². The minimum atomic E-state index is 1.07. The lowest BCUT2D eigenvalue weighted by atomic mass is 9.85. The van der Waals surface area contributed by atoms with Gasteiger partial charge in [0.15, 0.2) is 0 Å². The predicted molar refractivity (Wildman–Crippen MR) is 110 cm³/mol. The molecule has 0 aromatic rings. The third kappa shape index (κ3) is 14.4. The van der Waals surface area contributed by atoms with Crippen LogP contribution in [0.25, 0.3) is 0 Å². The SMILES string of the molecule is CCCCCCCCCCCCCCCCCCC1CC[CH]CC1. The van der Waals surface area contributed by atoms with Crippen LogP contribution in [0.3, 0.4) is 0 Å². The lowest BCUT2D eigenvalue weighted by Gasteiger charge is -2.20. The second-order valence-electron chi connectivity index (χ2n) is 8.40. The Kier molecular flexibility index (Phi) is 16.4. The standard InChI is InChI=1S/C24H47/c1-2-3-4-5-6-7-8-9-10-11-12-13-14-15-16-18-21-24-22-19-17-20-23-24/h17,24H,2-16,18-23H2,1H3. The lowest BCUT2D eigenvalue weighted by Crippen LogP contribution is -2.06. The van der Waals surface area contributed by atoms with E-state index in [4.69, 9.17) is 0 Å². The number of hydrogen-bond donors (Lipinski definition) is 0. The van der Waals surface area contributed by atoms with E-state index in [2.05, 4.69) is 13.3 Å². The molecule has 1 rings (SSSR count). The Labute approximate surface area is 154 Å². The van der Waals surface area contributed by atoms with Crippen LogP contribution in [-0.4, -0.2) is 0 Å². The van der Waals surface area contributed by atoms with E-state index in [1.54, 1.807) is 0 Å². The average molecular weight is 336 g/mol. The Hall–Kier alpha value is 0. The zero-order chi connectivity index (χ0) is 17.1. The fraction of sp³-hybridized carbons (Fsp3) is 0.958. The van der Waals surface area contributed by atoms with Crippen LogP contribution in [0.4, 0.5) is 0 Å². The first kappa shape index (κ1) is 22.0. The summed E-state index contributed by atoms with van der Waals surface area (Å²) in [6, 6.07) is 0. The van der Waals surface area contributed by atoms with Gasteiger partial charge < -0.3 is 0 Å². The molecule has 1 saturated carbocycles. The fourth-order valence-corrected chi connectivity index (χ4v) is 4.27. The molecule has 0 saturated heterocycles. The summed E-state index contributed by atoms with van der Waals surface area (Å²) in [6.45, 7) is 2.30. The predicted octanol–water partition coefficient (Wildman–Crippen LogP) is 9.03. The molecule has 1 aliphatic rings. The molecule has 0 nitrogen and oxygen atoms in total. The highest BCUT2D eigenvalue weighted by molar-refractivity contribution is 4.76. The molecule has 24 heavy (non-hydrogen) atoms. The maximum Gasteiger partial charge on any atom is -0.0386 e. The molecule has 1 aliphatic carbocycles. The van der Waals surface area contributed by atoms with Gasteiger partial charge in [0.1, 0.15) is 0 Å². The maximum atomic E-state index is 2.49. The van der Waals surface area contributed by atoms with Gasteiger partial charge in [-0.1, -0.05) is 129 Å². The summed E-state index contributed by atoms with van der Waals surface area (Å²) in [5.41, 5.74) is 0. The highest BCUT2D eigenvalue weighted by atomic mass is 14.2. The summed E-state index contributed by atoms with van der Waals surface area (Å²) < 4.78 is 0. The monoisotopic (exact) mass is 335 g/mol. The average Bonchev–Trinajstić information content (AvgIpc) is 2.62. The molecule has 0 bridgehead atoms. The summed E-state index contributed by atoms with van der Waals surface area (Å²) in [5.74, 6) is 1.07. The molecule has 1 fully saturated rings. The first-order chi connectivity index (χ1) is 11.9. The normalized spacial score (nSPS) is 15.9. The summed E-state index contributed by atoms with van der Waals surface area (Å²) >= 11 is 0. The Morgan fingerprint density at radius 1 is 0.542 bits per heavy atom. The van der Waals surface area contributed by atoms with Gasteiger partial charge in [0.2, 0.25) is 0 Å². The van der Waals surface area contributed by atoms with Crippen LogP contribution in [0.5, 0.6) is 0 Å². The molecule has 0 heteroatoms. The summed E-state index contributed by atoms with van der Waals surface area (Å²) in [4.78, 5) is 0. The zero-order valence-electron chi connectivity index (χ0n) is 17.0. The number of unbranched alkanes of at least 4 members (excludes halogenated alkanes) is 15. The molecule has 0 N–H and O–H groups in total. The van der Waals surface area contributed by atoms with Crippen molar-refractivity contribution in [2.45, 2.75) is 142 Å². The van der Waals surface area contributed by atoms with Gasteiger partial charge in [-0.05, 0) is 25.2 Å². The largest absolute Gasteiger partial charge is 0.0654 e. The molecule has 0 aromatic heterocycles. The molecular weight excluding hydrogens is 288 g/mol. The Balaban J connectivity index is 1.66. The van der Waals surface area contributed by atoms with E-state index in [1.165, 1.54) is 135 Å². The molecule has 0 aromatic carbocycles. The minimum Gasteiger partial charge on any atom is -0.0654 e. The van der Waals surface area contributed by atoms with Crippen LogP contribution in [0.1, 0.15) is 142 Å². The molecule has 0 aliphatic heterocycles. The highest BCUT2D eigenvalue weighted by Gasteiger charge is 2.12. The van der Waals surface area contributed by atoms with Crippen molar-refractivity contribution < 1.29 is 0 Å². The van der Waals surface area contributed by atoms with Gasteiger partial charge in [0, 0.05) is 0 Å². The van der Waals surface area contributed by atoms with Crippen LogP contribution < -0.4 is 0 Å². The molecular formula is C24H47. The van der Waals surface area contributed by atoms with Gasteiger partial charge in [-0.3, -0.25) is 0 Å². The van der Waals surface area contributed by atoms with E-state index in [1.807, 2.05) is 0 Å². The fourth-order valence-electron chi connectivity index (χ4n) is 4.27. The van der Waals surface area contributed by atoms with Crippen molar-refractivity contribution in [3.8, 4) is 0 Å². The van der Waals surface area contributed by atoms with E-state index < -0.39 is 0 Å². The van der Waals surface area contributed by atoms with Gasteiger partial charge in [-0.2, -0.15) is 0 Å². The number of hydrogen-bond acceptors (Lipinski definition) is 0. The quantitative estimate of drug-likeness (QED) is 0.232. The van der Waals surface area contributed by atoms with Gasteiger partial charge in [-0.15, -0.1) is 0 Å². The Bertz CT molecular complexity index is 226. The van der Waals surface area contributed by atoms with Crippen molar-refractivity contribution in [3.63, 3.8) is 0 Å². The van der Waals surface area contributed by atoms with E-state index in [-0.39, 0.29) is 0 Å². The van der Waals surface area contributed by atoms with Crippen molar-refractivity contribution in [1.29, 1.82) is 0 Å². The molecule has 0 unspecified atom stereocenters. The van der Waals surface area contributed by atoms with Crippen molar-refractivity contribution in [2.24, 2.45) is 5.92 Å². The van der Waals surface area contributed by atoms with Crippen LogP contribution in [0.2, 0.25) is 0 Å².